The molecule has 0 fully saturated rings. The minimum Gasteiger partial charge on any atom is -0.0793 e. The molecule has 2 aromatic carbocycles. The average molecular weight is 287 g/mol. The van der Waals surface area contributed by atoms with Gasteiger partial charge < -0.3 is 0 Å². The van der Waals surface area contributed by atoms with E-state index in [9.17, 15) is 0 Å². The van der Waals surface area contributed by atoms with E-state index < -0.39 is 0 Å². The standard InChI is InChI=1S/C16H15Br/c1-13-7-5-6-10-15(13)16(17)12-11-14-8-3-2-4-9-14/h2-12,16H,1H3. The number of halogens is 1. The SMILES string of the molecule is Cc1ccccc1C(Br)C=Cc1ccccc1. The molecule has 0 saturated heterocycles. The highest BCUT2D eigenvalue weighted by atomic mass is 79.9. The molecule has 2 rings (SSSR count). The Morgan fingerprint density at radius 1 is 0.941 bits per heavy atom. The number of rotatable bonds is 3. The molecule has 1 atom stereocenters. The number of hydrogen-bond donors (Lipinski definition) is 0. The normalized spacial score (nSPS) is 12.8. The van der Waals surface area contributed by atoms with Crippen LogP contribution >= 0.6 is 15.9 Å². The van der Waals surface area contributed by atoms with E-state index in [0.717, 1.165) is 0 Å². The average Bonchev–Trinajstić information content (AvgIpc) is 2.38. The zero-order valence-electron chi connectivity index (χ0n) is 9.81. The van der Waals surface area contributed by atoms with Gasteiger partial charge in [0.25, 0.3) is 0 Å². The summed E-state index contributed by atoms with van der Waals surface area (Å²) in [5.74, 6) is 0. The Morgan fingerprint density at radius 3 is 2.29 bits per heavy atom. The molecular formula is C16H15Br. The van der Waals surface area contributed by atoms with Crippen LogP contribution in [0.2, 0.25) is 0 Å². The van der Waals surface area contributed by atoms with E-state index in [2.05, 4.69) is 83.5 Å². The van der Waals surface area contributed by atoms with E-state index in [4.69, 9.17) is 0 Å². The molecule has 0 aromatic heterocycles. The van der Waals surface area contributed by atoms with Crippen LogP contribution in [-0.2, 0) is 0 Å². The lowest BCUT2D eigenvalue weighted by Gasteiger charge is -2.08. The van der Waals surface area contributed by atoms with E-state index in [1.807, 2.05) is 6.07 Å². The molecule has 0 aliphatic carbocycles. The molecule has 86 valence electrons. The molecule has 0 spiro atoms. The highest BCUT2D eigenvalue weighted by molar-refractivity contribution is 9.09. The summed E-state index contributed by atoms with van der Waals surface area (Å²) in [4.78, 5) is 0.268. The van der Waals surface area contributed by atoms with Crippen LogP contribution in [0.5, 0.6) is 0 Å². The Kier molecular flexibility index (Phi) is 4.16. The van der Waals surface area contributed by atoms with Crippen molar-refractivity contribution in [3.63, 3.8) is 0 Å². The fraction of sp³-hybridized carbons (Fsp3) is 0.125. The van der Waals surface area contributed by atoms with Crippen LogP contribution in [0.4, 0.5) is 0 Å². The van der Waals surface area contributed by atoms with E-state index in [-0.39, 0.29) is 4.83 Å². The summed E-state index contributed by atoms with van der Waals surface area (Å²) in [5.41, 5.74) is 3.86. The van der Waals surface area contributed by atoms with Gasteiger partial charge in [-0.3, -0.25) is 0 Å². The lowest BCUT2D eigenvalue weighted by atomic mass is 10.1. The molecule has 1 heteroatoms. The van der Waals surface area contributed by atoms with Gasteiger partial charge >= 0.3 is 0 Å². The summed E-state index contributed by atoms with van der Waals surface area (Å²) in [6, 6.07) is 18.8. The molecule has 0 aliphatic rings. The van der Waals surface area contributed by atoms with Crippen molar-refractivity contribution in [3.8, 4) is 0 Å². The summed E-state index contributed by atoms with van der Waals surface area (Å²) in [5, 5.41) is 0. The van der Waals surface area contributed by atoms with Crippen molar-refractivity contribution in [1.82, 2.24) is 0 Å². The lowest BCUT2D eigenvalue weighted by molar-refractivity contribution is 1.21. The fourth-order valence-corrected chi connectivity index (χ4v) is 2.43. The first-order chi connectivity index (χ1) is 8.27. The number of aryl methyl sites for hydroxylation is 1. The molecule has 0 bridgehead atoms. The highest BCUT2D eigenvalue weighted by Crippen LogP contribution is 2.27. The first kappa shape index (κ1) is 12.1. The number of benzene rings is 2. The molecule has 0 radical (unpaired) electrons. The molecule has 1 unspecified atom stereocenters. The quantitative estimate of drug-likeness (QED) is 0.685. The van der Waals surface area contributed by atoms with E-state index >= 15 is 0 Å². The topological polar surface area (TPSA) is 0 Å². The smallest absolute Gasteiger partial charge is 0.0581 e. The highest BCUT2D eigenvalue weighted by Gasteiger charge is 2.05. The maximum absolute atomic E-state index is 3.71. The van der Waals surface area contributed by atoms with Crippen LogP contribution < -0.4 is 0 Å². The van der Waals surface area contributed by atoms with Gasteiger partial charge in [0, 0.05) is 0 Å². The van der Waals surface area contributed by atoms with E-state index in [0.29, 0.717) is 0 Å². The van der Waals surface area contributed by atoms with E-state index in [1.54, 1.807) is 0 Å². The maximum atomic E-state index is 3.71. The van der Waals surface area contributed by atoms with Crippen molar-refractivity contribution in [3.05, 3.63) is 77.4 Å². The minimum absolute atomic E-state index is 0.268. The Labute approximate surface area is 111 Å². The Morgan fingerprint density at radius 2 is 1.59 bits per heavy atom. The molecule has 0 aliphatic heterocycles. The Hall–Kier alpha value is -1.34. The van der Waals surface area contributed by atoms with Gasteiger partial charge in [0.15, 0.2) is 0 Å². The van der Waals surface area contributed by atoms with Gasteiger partial charge in [-0.25, -0.2) is 0 Å². The molecule has 0 amide bonds. The molecule has 0 heterocycles. The first-order valence-corrected chi connectivity index (χ1v) is 6.62. The summed E-state index contributed by atoms with van der Waals surface area (Å²) in [7, 11) is 0. The predicted octanol–water partition coefficient (Wildman–Crippen LogP) is 5.14. The number of allylic oxidation sites excluding steroid dienone is 1. The predicted molar refractivity (Wildman–Crippen MR) is 78.3 cm³/mol. The lowest BCUT2D eigenvalue weighted by Crippen LogP contribution is -1.89. The number of hydrogen-bond acceptors (Lipinski definition) is 0. The van der Waals surface area contributed by atoms with Crippen molar-refractivity contribution in [1.29, 1.82) is 0 Å². The van der Waals surface area contributed by atoms with E-state index in [1.165, 1.54) is 16.7 Å². The Bertz CT molecular complexity index is 500. The summed E-state index contributed by atoms with van der Waals surface area (Å²) < 4.78 is 0. The second-order valence-electron chi connectivity index (χ2n) is 4.03. The van der Waals surface area contributed by atoms with Crippen molar-refractivity contribution >= 4 is 22.0 Å². The summed E-state index contributed by atoms with van der Waals surface area (Å²) in [6.07, 6.45) is 4.32. The van der Waals surface area contributed by atoms with Crippen LogP contribution in [0.15, 0.2) is 60.7 Å². The van der Waals surface area contributed by atoms with Crippen molar-refractivity contribution in [2.75, 3.05) is 0 Å². The maximum Gasteiger partial charge on any atom is 0.0581 e. The van der Waals surface area contributed by atoms with Crippen molar-refractivity contribution < 1.29 is 0 Å². The summed E-state index contributed by atoms with van der Waals surface area (Å²) >= 11 is 3.71. The van der Waals surface area contributed by atoms with Crippen LogP contribution in [0.3, 0.4) is 0 Å². The van der Waals surface area contributed by atoms with Gasteiger partial charge in [-0.2, -0.15) is 0 Å². The largest absolute Gasteiger partial charge is 0.0793 e. The second-order valence-corrected chi connectivity index (χ2v) is 5.01. The van der Waals surface area contributed by atoms with Gasteiger partial charge in [0.1, 0.15) is 0 Å². The third kappa shape index (κ3) is 3.31. The summed E-state index contributed by atoms with van der Waals surface area (Å²) in [6.45, 7) is 2.14. The van der Waals surface area contributed by atoms with Gasteiger partial charge in [-0.1, -0.05) is 82.7 Å². The fourth-order valence-electron chi connectivity index (χ4n) is 1.76. The van der Waals surface area contributed by atoms with Gasteiger partial charge in [-0.15, -0.1) is 0 Å². The molecule has 0 saturated carbocycles. The Balaban J connectivity index is 2.15. The van der Waals surface area contributed by atoms with Crippen LogP contribution in [0.25, 0.3) is 6.08 Å². The van der Waals surface area contributed by atoms with Crippen LogP contribution in [0.1, 0.15) is 21.5 Å². The zero-order chi connectivity index (χ0) is 12.1. The molecule has 17 heavy (non-hydrogen) atoms. The van der Waals surface area contributed by atoms with Gasteiger partial charge in [0.2, 0.25) is 0 Å². The molecule has 0 N–H and O–H groups in total. The molecular weight excluding hydrogens is 272 g/mol. The zero-order valence-corrected chi connectivity index (χ0v) is 11.4. The number of alkyl halides is 1. The van der Waals surface area contributed by atoms with Gasteiger partial charge in [0.05, 0.1) is 4.83 Å². The third-order valence-corrected chi connectivity index (χ3v) is 3.54. The van der Waals surface area contributed by atoms with Gasteiger partial charge in [-0.05, 0) is 23.6 Å². The molecule has 0 nitrogen and oxygen atoms in total. The second kappa shape index (κ2) is 5.83. The first-order valence-electron chi connectivity index (χ1n) is 5.70. The van der Waals surface area contributed by atoms with Crippen LogP contribution in [-0.4, -0.2) is 0 Å². The van der Waals surface area contributed by atoms with Crippen molar-refractivity contribution in [2.24, 2.45) is 0 Å². The third-order valence-electron chi connectivity index (χ3n) is 2.74. The monoisotopic (exact) mass is 286 g/mol. The van der Waals surface area contributed by atoms with Crippen molar-refractivity contribution in [2.45, 2.75) is 11.8 Å². The molecule has 2 aromatic rings. The minimum atomic E-state index is 0.268. The van der Waals surface area contributed by atoms with Crippen LogP contribution in [0, 0.1) is 6.92 Å².